The van der Waals surface area contributed by atoms with Crippen LogP contribution in [0, 0.1) is 0 Å². The number of hydrogen-bond acceptors (Lipinski definition) is 6. The van der Waals surface area contributed by atoms with Crippen molar-refractivity contribution in [2.45, 2.75) is 38.1 Å². The first kappa shape index (κ1) is 21.5. The molecule has 2 aliphatic heterocycles. The summed E-state index contributed by atoms with van der Waals surface area (Å²) in [5.41, 5.74) is 0. The summed E-state index contributed by atoms with van der Waals surface area (Å²) in [4.78, 5) is 2.21. The third-order valence-electron chi connectivity index (χ3n) is 5.80. The van der Waals surface area contributed by atoms with E-state index in [9.17, 15) is 4.39 Å². The molecule has 0 N–H and O–H groups in total. The highest BCUT2D eigenvalue weighted by Gasteiger charge is 2.27. The van der Waals surface area contributed by atoms with Gasteiger partial charge in [0.2, 0.25) is 0 Å². The molecule has 2 fully saturated rings. The predicted octanol–water partition coefficient (Wildman–Crippen LogP) is 6.02. The van der Waals surface area contributed by atoms with E-state index in [-0.39, 0.29) is 19.1 Å². The molecule has 32 heavy (non-hydrogen) atoms. The zero-order valence-corrected chi connectivity index (χ0v) is 18.8. The number of alkyl halides is 1. The van der Waals surface area contributed by atoms with Crippen molar-refractivity contribution in [3.8, 4) is 23.0 Å². The fourth-order valence-corrected chi connectivity index (χ4v) is 4.95. The van der Waals surface area contributed by atoms with E-state index in [1.807, 2.05) is 41.8 Å². The normalized spacial score (nSPS) is 19.6. The van der Waals surface area contributed by atoms with Crippen LogP contribution in [-0.4, -0.2) is 50.2 Å². The first-order chi connectivity index (χ1) is 15.8. The minimum atomic E-state index is -0.257. The molecule has 0 spiro atoms. The fraction of sp³-hybridized carbons (Fsp3) is 0.440. The van der Waals surface area contributed by atoms with Gasteiger partial charge in [0.05, 0.1) is 13.3 Å². The molecule has 2 saturated heterocycles. The van der Waals surface area contributed by atoms with Crippen LogP contribution in [0.2, 0.25) is 0 Å². The van der Waals surface area contributed by atoms with Crippen LogP contribution in [0.5, 0.6) is 23.0 Å². The number of halogens is 1. The van der Waals surface area contributed by atoms with E-state index >= 15 is 0 Å². The number of thiophene rings is 1. The second-order valence-corrected chi connectivity index (χ2v) is 9.20. The van der Waals surface area contributed by atoms with Crippen molar-refractivity contribution in [1.29, 1.82) is 0 Å². The first-order valence-corrected chi connectivity index (χ1v) is 12.2. The number of likely N-dealkylation sites (tertiary alicyclic amines) is 1. The minimum Gasteiger partial charge on any atom is -0.488 e. The Morgan fingerprint density at radius 2 is 1.81 bits per heavy atom. The van der Waals surface area contributed by atoms with Gasteiger partial charge in [-0.15, -0.1) is 11.3 Å². The number of hydrogen-bond donors (Lipinski definition) is 0. The van der Waals surface area contributed by atoms with Crippen molar-refractivity contribution >= 4 is 21.4 Å². The average molecular weight is 458 g/mol. The Kier molecular flexibility index (Phi) is 6.76. The van der Waals surface area contributed by atoms with E-state index in [1.54, 1.807) is 11.3 Å². The van der Waals surface area contributed by atoms with Gasteiger partial charge in [0.25, 0.3) is 0 Å². The summed E-state index contributed by atoms with van der Waals surface area (Å²) in [6.45, 7) is 3.04. The largest absolute Gasteiger partial charge is 0.488 e. The average Bonchev–Trinajstić information content (AvgIpc) is 3.19. The Morgan fingerprint density at radius 1 is 1.00 bits per heavy atom. The molecule has 2 aromatic carbocycles. The van der Waals surface area contributed by atoms with E-state index in [2.05, 4.69) is 11.0 Å². The van der Waals surface area contributed by atoms with Gasteiger partial charge in [-0.05, 0) is 61.7 Å². The van der Waals surface area contributed by atoms with Gasteiger partial charge in [-0.1, -0.05) is 0 Å². The number of fused-ring (bicyclic) bond motifs is 1. The van der Waals surface area contributed by atoms with Gasteiger partial charge in [-0.25, -0.2) is 0 Å². The van der Waals surface area contributed by atoms with Gasteiger partial charge in [0.1, 0.15) is 29.1 Å². The first-order valence-electron chi connectivity index (χ1n) is 11.3. The van der Waals surface area contributed by atoms with Gasteiger partial charge >= 0.3 is 0 Å². The number of rotatable bonds is 9. The van der Waals surface area contributed by atoms with Crippen LogP contribution in [0.25, 0.3) is 10.1 Å². The highest BCUT2D eigenvalue weighted by molar-refractivity contribution is 7.17. The fourth-order valence-electron chi connectivity index (χ4n) is 4.06. The quantitative estimate of drug-likeness (QED) is 0.393. The third kappa shape index (κ3) is 5.17. The van der Waals surface area contributed by atoms with Crippen LogP contribution in [0.3, 0.4) is 0 Å². The summed E-state index contributed by atoms with van der Waals surface area (Å²) >= 11 is 1.64. The van der Waals surface area contributed by atoms with Crippen molar-refractivity contribution in [1.82, 2.24) is 4.90 Å². The van der Waals surface area contributed by atoms with Crippen molar-refractivity contribution in [3.05, 3.63) is 47.8 Å². The molecule has 0 amide bonds. The maximum absolute atomic E-state index is 12.2. The summed E-state index contributed by atoms with van der Waals surface area (Å²) in [6.07, 6.45) is 3.83. The molecule has 1 aromatic heterocycles. The molecule has 3 aromatic rings. The molecule has 0 radical (unpaired) electrons. The van der Waals surface area contributed by atoms with Gasteiger partial charge in [-0.2, -0.15) is 0 Å². The second kappa shape index (κ2) is 10.1. The van der Waals surface area contributed by atoms with Crippen molar-refractivity contribution < 1.29 is 23.3 Å². The van der Waals surface area contributed by atoms with Crippen LogP contribution in [0.4, 0.5) is 4.39 Å². The molecule has 0 aliphatic carbocycles. The molecule has 5 nitrogen and oxygen atoms in total. The number of benzene rings is 2. The summed E-state index contributed by atoms with van der Waals surface area (Å²) in [5.74, 6) is 3.26. The van der Waals surface area contributed by atoms with Crippen molar-refractivity contribution in [2.24, 2.45) is 0 Å². The van der Waals surface area contributed by atoms with E-state index in [0.717, 1.165) is 78.6 Å². The molecular formula is C25H28FNO4S. The van der Waals surface area contributed by atoms with Crippen LogP contribution in [-0.2, 0) is 4.74 Å². The highest BCUT2D eigenvalue weighted by Crippen LogP contribution is 2.38. The zero-order valence-electron chi connectivity index (χ0n) is 18.0. The number of nitrogens with zero attached hydrogens (tertiary/aromatic N) is 1. The molecule has 1 unspecified atom stereocenters. The van der Waals surface area contributed by atoms with E-state index in [4.69, 9.17) is 18.9 Å². The van der Waals surface area contributed by atoms with Crippen LogP contribution < -0.4 is 14.2 Å². The van der Waals surface area contributed by atoms with Crippen LogP contribution in [0.1, 0.15) is 25.7 Å². The molecule has 5 rings (SSSR count). The van der Waals surface area contributed by atoms with Gasteiger partial charge in [0.15, 0.2) is 6.29 Å². The van der Waals surface area contributed by atoms with Crippen molar-refractivity contribution in [2.75, 3.05) is 32.9 Å². The number of ether oxygens (including phenoxy) is 4. The van der Waals surface area contributed by atoms with Crippen LogP contribution in [0.15, 0.2) is 47.8 Å². The lowest BCUT2D eigenvalue weighted by atomic mass is 10.1. The Hall–Kier alpha value is -2.35. The topological polar surface area (TPSA) is 40.2 Å². The Bertz CT molecular complexity index is 1010. The Morgan fingerprint density at radius 3 is 2.59 bits per heavy atom. The molecule has 2 aliphatic rings. The second-order valence-electron chi connectivity index (χ2n) is 8.29. The summed E-state index contributed by atoms with van der Waals surface area (Å²) in [7, 11) is 0. The summed E-state index contributed by atoms with van der Waals surface area (Å²) < 4.78 is 37.1. The Balaban J connectivity index is 1.16. The van der Waals surface area contributed by atoms with Crippen LogP contribution >= 0.6 is 11.3 Å². The molecule has 7 heteroatoms. The van der Waals surface area contributed by atoms with Gasteiger partial charge < -0.3 is 18.9 Å². The maximum atomic E-state index is 12.2. The smallest absolute Gasteiger partial charge is 0.199 e. The SMILES string of the molecule is FCCCN1CC(Oc2ccc(Oc3csc4cc(OC5CCCCO5)ccc34)cc2)C1. The van der Waals surface area contributed by atoms with Crippen molar-refractivity contribution in [3.63, 3.8) is 0 Å². The lowest BCUT2D eigenvalue weighted by molar-refractivity contribution is -0.105. The van der Waals surface area contributed by atoms with Gasteiger partial charge in [0, 0.05) is 41.5 Å². The maximum Gasteiger partial charge on any atom is 0.199 e. The lowest BCUT2D eigenvalue weighted by Crippen LogP contribution is -2.53. The van der Waals surface area contributed by atoms with Gasteiger partial charge in [-0.3, -0.25) is 9.29 Å². The molecule has 1 atom stereocenters. The molecule has 3 heterocycles. The molecule has 170 valence electrons. The predicted molar refractivity (Wildman–Crippen MR) is 124 cm³/mol. The standard InChI is InChI=1S/C25H28FNO4S/c26-11-3-12-27-15-21(16-27)29-18-5-7-19(8-6-18)30-23-17-32-24-14-20(9-10-22(23)24)31-25-4-1-2-13-28-25/h5-10,14,17,21,25H,1-4,11-13,15-16H2. The van der Waals surface area contributed by atoms with E-state index in [1.165, 1.54) is 0 Å². The monoisotopic (exact) mass is 457 g/mol. The zero-order chi connectivity index (χ0) is 21.8. The third-order valence-corrected chi connectivity index (χ3v) is 6.73. The minimum absolute atomic E-state index is 0.143. The molecular weight excluding hydrogens is 429 g/mol. The van der Waals surface area contributed by atoms with E-state index < -0.39 is 0 Å². The Labute approximate surface area is 191 Å². The van der Waals surface area contributed by atoms with E-state index in [0.29, 0.717) is 6.42 Å². The lowest BCUT2D eigenvalue weighted by Gasteiger charge is -2.38. The summed E-state index contributed by atoms with van der Waals surface area (Å²) in [6, 6.07) is 13.8. The highest BCUT2D eigenvalue weighted by atomic mass is 32.1. The molecule has 0 saturated carbocycles. The molecule has 0 bridgehead atoms. The summed E-state index contributed by atoms with van der Waals surface area (Å²) in [5, 5.41) is 3.09.